The molecule has 0 unspecified atom stereocenters. The van der Waals surface area contributed by atoms with Gasteiger partial charge in [0.15, 0.2) is 0 Å². The van der Waals surface area contributed by atoms with Crippen LogP contribution in [0.15, 0.2) is 34.3 Å². The first-order valence-electron chi connectivity index (χ1n) is 12.0. The normalized spacial score (nSPS) is 11.1. The second kappa shape index (κ2) is 19.9. The van der Waals surface area contributed by atoms with Crippen LogP contribution in [0, 0.1) is 0 Å². The van der Waals surface area contributed by atoms with Gasteiger partial charge in [-0.2, -0.15) is 0 Å². The molecule has 0 aliphatic rings. The van der Waals surface area contributed by atoms with Crippen molar-refractivity contribution in [3.05, 3.63) is 35.4 Å². The molecule has 1 aromatic carbocycles. The number of methoxy groups -OCH3 is 1. The first-order chi connectivity index (χ1) is 17.4. The molecule has 10 heteroatoms. The summed E-state index contributed by atoms with van der Waals surface area (Å²) in [6.45, 7) is 3.44. The zero-order valence-electron chi connectivity index (χ0n) is 21.1. The van der Waals surface area contributed by atoms with Gasteiger partial charge in [-0.25, -0.2) is 0 Å². The Balaban J connectivity index is 2.06. The molecule has 198 valence electrons. The second-order valence-corrected chi connectivity index (χ2v) is 7.80. The van der Waals surface area contributed by atoms with Crippen LogP contribution < -0.4 is 0 Å². The fourth-order valence-electron chi connectivity index (χ4n) is 2.64. The van der Waals surface area contributed by atoms with Crippen LogP contribution in [0.5, 0.6) is 0 Å². The molecule has 0 saturated heterocycles. The number of hydrogen-bond donors (Lipinski definition) is 0. The molecule has 0 bridgehead atoms. The number of aliphatic imine (C=N–C) groups is 2. The highest BCUT2D eigenvalue weighted by Gasteiger charge is 2.09. The second-order valence-electron chi connectivity index (χ2n) is 7.80. The highest BCUT2D eigenvalue weighted by atomic mass is 16.5. The first kappa shape index (κ1) is 30.6. The zero-order chi connectivity index (χ0) is 26.4. The summed E-state index contributed by atoms with van der Waals surface area (Å²) in [4.78, 5) is 54.1. The monoisotopic (exact) mass is 504 g/mol. The van der Waals surface area contributed by atoms with E-state index in [2.05, 4.69) is 9.98 Å². The molecule has 0 atom stereocenters. The van der Waals surface area contributed by atoms with Crippen LogP contribution in [0.3, 0.4) is 0 Å². The maximum absolute atomic E-state index is 11.7. The van der Waals surface area contributed by atoms with Gasteiger partial charge in [0.05, 0.1) is 52.2 Å². The van der Waals surface area contributed by atoms with E-state index in [1.807, 2.05) is 24.3 Å². The number of esters is 3. The predicted molar refractivity (Wildman–Crippen MR) is 134 cm³/mol. The molecule has 0 fully saturated rings. The Bertz CT molecular complexity index is 865. The molecule has 0 aromatic heterocycles. The van der Waals surface area contributed by atoms with E-state index in [4.69, 9.17) is 18.9 Å². The number of Topliss-reactive ketones (excluding diaryl/α,β-unsaturated/α-hetero) is 1. The van der Waals surface area contributed by atoms with Gasteiger partial charge >= 0.3 is 17.9 Å². The van der Waals surface area contributed by atoms with Crippen molar-refractivity contribution in [2.75, 3.05) is 46.6 Å². The summed E-state index contributed by atoms with van der Waals surface area (Å²) in [5, 5.41) is 0. The summed E-state index contributed by atoms with van der Waals surface area (Å²) in [7, 11) is 1.64. The van der Waals surface area contributed by atoms with Gasteiger partial charge in [-0.05, 0) is 30.9 Å². The minimum Gasteiger partial charge on any atom is -0.466 e. The maximum atomic E-state index is 11.7. The van der Waals surface area contributed by atoms with Gasteiger partial charge < -0.3 is 23.7 Å². The number of unbranched alkanes of at least 4 members (excludes halogenated alkanes) is 1. The molecule has 0 amide bonds. The average molecular weight is 505 g/mol. The zero-order valence-corrected chi connectivity index (χ0v) is 21.1. The quantitative estimate of drug-likeness (QED) is 0.122. The molecular formula is C26H36N2O8. The highest BCUT2D eigenvalue weighted by Crippen LogP contribution is 2.02. The molecule has 0 aliphatic carbocycles. The molecule has 0 N–H and O–H groups in total. The minimum absolute atomic E-state index is 0.0605. The van der Waals surface area contributed by atoms with Crippen molar-refractivity contribution in [3.63, 3.8) is 0 Å². The Hall–Kier alpha value is -3.40. The summed E-state index contributed by atoms with van der Waals surface area (Å²) in [5.74, 6) is -1.46. The van der Waals surface area contributed by atoms with E-state index in [0.717, 1.165) is 11.1 Å². The predicted octanol–water partition coefficient (Wildman–Crippen LogP) is 2.73. The SMILES string of the molecule is COCCN=Cc1ccc(C=NCCOC(=O)CCC(=O)OCCCCOC(=O)CCC(C)=O)cc1. The van der Waals surface area contributed by atoms with Crippen LogP contribution in [-0.2, 0) is 38.1 Å². The molecule has 1 aromatic rings. The molecule has 10 nitrogen and oxygen atoms in total. The van der Waals surface area contributed by atoms with Crippen LogP contribution in [0.4, 0.5) is 0 Å². The van der Waals surface area contributed by atoms with Crippen LogP contribution in [0.2, 0.25) is 0 Å². The lowest BCUT2D eigenvalue weighted by molar-refractivity contribution is -0.150. The number of ketones is 1. The van der Waals surface area contributed by atoms with Crippen molar-refractivity contribution >= 4 is 36.1 Å². The Kier molecular flexibility index (Phi) is 16.9. The molecule has 0 spiro atoms. The number of rotatable bonds is 19. The summed E-state index contributed by atoms with van der Waals surface area (Å²) < 4.78 is 20.0. The Morgan fingerprint density at radius 2 is 1.08 bits per heavy atom. The average Bonchev–Trinajstić information content (AvgIpc) is 2.86. The molecule has 0 radical (unpaired) electrons. The van der Waals surface area contributed by atoms with Gasteiger partial charge in [-0.3, -0.25) is 24.4 Å². The fourth-order valence-corrected chi connectivity index (χ4v) is 2.64. The van der Waals surface area contributed by atoms with E-state index in [1.54, 1.807) is 19.5 Å². The van der Waals surface area contributed by atoms with E-state index < -0.39 is 17.9 Å². The van der Waals surface area contributed by atoms with Crippen molar-refractivity contribution in [1.29, 1.82) is 0 Å². The van der Waals surface area contributed by atoms with Crippen molar-refractivity contribution in [1.82, 2.24) is 0 Å². The number of nitrogens with zero attached hydrogens (tertiary/aromatic N) is 2. The summed E-state index contributed by atoms with van der Waals surface area (Å²) in [6, 6.07) is 7.71. The van der Waals surface area contributed by atoms with E-state index in [9.17, 15) is 19.2 Å². The summed E-state index contributed by atoms with van der Waals surface area (Å²) in [5.41, 5.74) is 1.91. The molecule has 36 heavy (non-hydrogen) atoms. The van der Waals surface area contributed by atoms with Crippen molar-refractivity contribution in [3.8, 4) is 0 Å². The van der Waals surface area contributed by atoms with E-state index in [-0.39, 0.29) is 51.3 Å². The summed E-state index contributed by atoms with van der Waals surface area (Å²) >= 11 is 0. The number of carbonyl (C=O) groups excluding carboxylic acids is 4. The highest BCUT2D eigenvalue weighted by molar-refractivity contribution is 5.84. The molecule has 1 rings (SSSR count). The smallest absolute Gasteiger partial charge is 0.306 e. The third kappa shape index (κ3) is 17.1. The summed E-state index contributed by atoms with van der Waals surface area (Å²) in [6.07, 6.45) is 4.67. The van der Waals surface area contributed by atoms with Crippen LogP contribution in [-0.4, -0.2) is 82.7 Å². The van der Waals surface area contributed by atoms with Crippen molar-refractivity contribution < 1.29 is 38.1 Å². The third-order valence-electron chi connectivity index (χ3n) is 4.60. The molecule has 0 heterocycles. The molecular weight excluding hydrogens is 468 g/mol. The van der Waals surface area contributed by atoms with Gasteiger partial charge in [0.2, 0.25) is 0 Å². The third-order valence-corrected chi connectivity index (χ3v) is 4.60. The van der Waals surface area contributed by atoms with E-state index >= 15 is 0 Å². The lowest BCUT2D eigenvalue weighted by Gasteiger charge is -2.06. The Morgan fingerprint density at radius 1 is 0.667 bits per heavy atom. The van der Waals surface area contributed by atoms with Crippen LogP contribution in [0.25, 0.3) is 0 Å². The van der Waals surface area contributed by atoms with Crippen molar-refractivity contribution in [2.45, 2.75) is 45.4 Å². The lowest BCUT2D eigenvalue weighted by atomic mass is 10.1. The van der Waals surface area contributed by atoms with Crippen LogP contribution >= 0.6 is 0 Å². The maximum Gasteiger partial charge on any atom is 0.306 e. The number of benzene rings is 1. The van der Waals surface area contributed by atoms with Crippen molar-refractivity contribution in [2.24, 2.45) is 9.98 Å². The number of ether oxygens (including phenoxy) is 4. The number of carbonyl (C=O) groups is 4. The van der Waals surface area contributed by atoms with Gasteiger partial charge in [-0.15, -0.1) is 0 Å². The standard InChI is InChI=1S/C26H36N2O8/c1-21(29)5-10-24(30)34-15-3-4-16-35-25(31)11-12-26(32)36-18-14-28-20-23-8-6-22(7-9-23)19-27-13-17-33-2/h6-9,19-20H,3-5,10-18H2,1-2H3. The topological polar surface area (TPSA) is 130 Å². The molecule has 0 aliphatic heterocycles. The Labute approximate surface area is 212 Å². The van der Waals surface area contributed by atoms with E-state index in [0.29, 0.717) is 32.5 Å². The van der Waals surface area contributed by atoms with Gasteiger partial charge in [0.25, 0.3) is 0 Å². The van der Waals surface area contributed by atoms with Gasteiger partial charge in [0, 0.05) is 26.0 Å². The molecule has 0 saturated carbocycles. The number of hydrogen-bond acceptors (Lipinski definition) is 10. The van der Waals surface area contributed by atoms with Gasteiger partial charge in [0.1, 0.15) is 12.4 Å². The minimum atomic E-state index is -0.490. The fraction of sp³-hybridized carbons (Fsp3) is 0.538. The first-order valence-corrected chi connectivity index (χ1v) is 12.0. The Morgan fingerprint density at radius 3 is 1.53 bits per heavy atom. The van der Waals surface area contributed by atoms with Gasteiger partial charge in [-0.1, -0.05) is 24.3 Å². The largest absolute Gasteiger partial charge is 0.466 e. The lowest BCUT2D eigenvalue weighted by Crippen LogP contribution is -2.13. The van der Waals surface area contributed by atoms with E-state index in [1.165, 1.54) is 6.92 Å². The van der Waals surface area contributed by atoms with Crippen LogP contribution in [0.1, 0.15) is 56.6 Å².